The van der Waals surface area contributed by atoms with E-state index in [1.54, 1.807) is 48.5 Å². The molecule has 30 heavy (non-hydrogen) atoms. The molecule has 1 heterocycles. The van der Waals surface area contributed by atoms with E-state index in [0.717, 1.165) is 0 Å². The van der Waals surface area contributed by atoms with Crippen molar-refractivity contribution in [2.75, 3.05) is 7.11 Å². The van der Waals surface area contributed by atoms with Gasteiger partial charge in [0.15, 0.2) is 17.3 Å². The minimum absolute atomic E-state index is 0.119. The predicted molar refractivity (Wildman–Crippen MR) is 107 cm³/mol. The number of ether oxygens (including phenoxy) is 3. The Morgan fingerprint density at radius 1 is 1.00 bits per heavy atom. The number of carbonyl (C=O) groups excluding carboxylic acids is 2. The number of carboxylic acid groups (broad SMARTS) is 1. The molecule has 1 aliphatic rings. The van der Waals surface area contributed by atoms with E-state index in [2.05, 4.69) is 0 Å². The lowest BCUT2D eigenvalue weighted by atomic mass is 10.0. The standard InChI is InChI=1S/C22H15NO7/c1-28-18-10-12(11-19-20(24)23-22(27)30-19)6-8-17(18)29-16-9-7-15(21(25)26)13-4-2-3-5-14(13)16/h2-11H,1H3,(H,25,26)(H,23,24,27). The van der Waals surface area contributed by atoms with Gasteiger partial charge in [0.2, 0.25) is 0 Å². The summed E-state index contributed by atoms with van der Waals surface area (Å²) in [6, 6.07) is 15.0. The monoisotopic (exact) mass is 405 g/mol. The van der Waals surface area contributed by atoms with E-state index in [0.29, 0.717) is 33.6 Å². The van der Waals surface area contributed by atoms with E-state index in [4.69, 9.17) is 14.2 Å². The van der Waals surface area contributed by atoms with Crippen LogP contribution in [0, 0.1) is 0 Å². The molecule has 0 aromatic heterocycles. The van der Waals surface area contributed by atoms with Gasteiger partial charge in [0.05, 0.1) is 12.7 Å². The maximum Gasteiger partial charge on any atom is 0.419 e. The number of carbonyl (C=O) groups is 3. The van der Waals surface area contributed by atoms with Gasteiger partial charge in [0, 0.05) is 5.39 Å². The molecule has 4 rings (SSSR count). The van der Waals surface area contributed by atoms with Crippen molar-refractivity contribution in [1.29, 1.82) is 0 Å². The minimum Gasteiger partial charge on any atom is -0.493 e. The summed E-state index contributed by atoms with van der Waals surface area (Å²) in [5, 5.41) is 12.6. The second-order valence-corrected chi connectivity index (χ2v) is 6.33. The zero-order valence-electron chi connectivity index (χ0n) is 15.7. The van der Waals surface area contributed by atoms with Gasteiger partial charge < -0.3 is 19.3 Å². The maximum absolute atomic E-state index is 11.6. The Hall–Kier alpha value is -4.33. The number of carboxylic acids is 1. The first-order valence-electron chi connectivity index (χ1n) is 8.82. The Labute approximate surface area is 170 Å². The molecule has 8 nitrogen and oxygen atoms in total. The molecule has 1 aliphatic heterocycles. The van der Waals surface area contributed by atoms with Gasteiger partial charge in [0.25, 0.3) is 5.91 Å². The molecular weight excluding hydrogens is 390 g/mol. The average molecular weight is 405 g/mol. The predicted octanol–water partition coefficient (Wildman–Crippen LogP) is 3.95. The van der Waals surface area contributed by atoms with E-state index < -0.39 is 18.0 Å². The molecule has 0 unspecified atom stereocenters. The second-order valence-electron chi connectivity index (χ2n) is 6.33. The van der Waals surface area contributed by atoms with E-state index in [1.807, 2.05) is 5.32 Å². The lowest BCUT2D eigenvalue weighted by Gasteiger charge is -2.14. The van der Waals surface area contributed by atoms with Crippen molar-refractivity contribution in [1.82, 2.24) is 5.32 Å². The zero-order valence-corrected chi connectivity index (χ0v) is 15.7. The number of amides is 2. The maximum atomic E-state index is 11.6. The summed E-state index contributed by atoms with van der Waals surface area (Å²) < 4.78 is 16.2. The number of aromatic carboxylic acids is 1. The van der Waals surface area contributed by atoms with Crippen molar-refractivity contribution in [2.45, 2.75) is 0 Å². The SMILES string of the molecule is COc1cc(C=C2OC(=O)NC2=O)ccc1Oc1ccc(C(=O)O)c2ccccc12. The van der Waals surface area contributed by atoms with Gasteiger partial charge in [-0.3, -0.25) is 10.1 Å². The van der Waals surface area contributed by atoms with E-state index >= 15 is 0 Å². The number of rotatable bonds is 5. The Morgan fingerprint density at radius 3 is 2.40 bits per heavy atom. The number of alkyl carbamates (subject to hydrolysis) is 1. The normalized spacial score (nSPS) is 14.5. The van der Waals surface area contributed by atoms with Crippen LogP contribution in [0.2, 0.25) is 0 Å². The minimum atomic E-state index is -1.02. The van der Waals surface area contributed by atoms with Gasteiger partial charge in [-0.15, -0.1) is 0 Å². The lowest BCUT2D eigenvalue weighted by Crippen LogP contribution is -2.18. The summed E-state index contributed by atoms with van der Waals surface area (Å²) in [5.41, 5.74) is 0.737. The van der Waals surface area contributed by atoms with Crippen LogP contribution in [0.1, 0.15) is 15.9 Å². The van der Waals surface area contributed by atoms with Crippen molar-refractivity contribution in [3.63, 3.8) is 0 Å². The third-order valence-electron chi connectivity index (χ3n) is 4.46. The third kappa shape index (κ3) is 3.53. The van der Waals surface area contributed by atoms with Gasteiger partial charge in [-0.25, -0.2) is 9.59 Å². The van der Waals surface area contributed by atoms with Gasteiger partial charge in [-0.05, 0) is 41.3 Å². The van der Waals surface area contributed by atoms with Crippen LogP contribution in [0.4, 0.5) is 4.79 Å². The molecule has 0 saturated carbocycles. The van der Waals surface area contributed by atoms with Crippen molar-refractivity contribution < 1.29 is 33.7 Å². The molecule has 2 amide bonds. The zero-order chi connectivity index (χ0) is 21.3. The molecule has 3 aromatic rings. The fraction of sp³-hybridized carbons (Fsp3) is 0.0455. The first-order valence-corrected chi connectivity index (χ1v) is 8.82. The van der Waals surface area contributed by atoms with Crippen LogP contribution in [0.3, 0.4) is 0 Å². The summed E-state index contributed by atoms with van der Waals surface area (Å²) in [6.45, 7) is 0. The van der Waals surface area contributed by atoms with Crippen LogP contribution in [-0.2, 0) is 9.53 Å². The van der Waals surface area contributed by atoms with Gasteiger partial charge in [0.1, 0.15) is 5.75 Å². The summed E-state index contributed by atoms with van der Waals surface area (Å²) >= 11 is 0. The Bertz CT molecular complexity index is 1230. The largest absolute Gasteiger partial charge is 0.493 e. The number of cyclic esters (lactones) is 1. The Balaban J connectivity index is 1.70. The molecule has 0 atom stereocenters. The first kappa shape index (κ1) is 19.0. The molecular formula is C22H15NO7. The van der Waals surface area contributed by atoms with E-state index in [1.165, 1.54) is 19.3 Å². The molecule has 150 valence electrons. The molecule has 0 aliphatic carbocycles. The molecule has 3 aromatic carbocycles. The Morgan fingerprint density at radius 2 is 1.73 bits per heavy atom. The number of hydrogen-bond donors (Lipinski definition) is 2. The Kier molecular flexibility index (Phi) is 4.81. The van der Waals surface area contributed by atoms with Crippen LogP contribution in [0.25, 0.3) is 16.8 Å². The van der Waals surface area contributed by atoms with Crippen LogP contribution in [0.5, 0.6) is 17.2 Å². The van der Waals surface area contributed by atoms with Gasteiger partial charge in [-0.1, -0.05) is 30.3 Å². The van der Waals surface area contributed by atoms with Gasteiger partial charge >= 0.3 is 12.1 Å². The highest BCUT2D eigenvalue weighted by molar-refractivity contribution is 6.10. The fourth-order valence-electron chi connectivity index (χ4n) is 3.10. The number of hydrogen-bond acceptors (Lipinski definition) is 6. The van der Waals surface area contributed by atoms with Crippen LogP contribution < -0.4 is 14.8 Å². The number of nitrogens with one attached hydrogen (secondary N) is 1. The molecule has 0 spiro atoms. The van der Waals surface area contributed by atoms with Crippen LogP contribution in [-0.4, -0.2) is 30.2 Å². The second kappa shape index (κ2) is 7.59. The van der Waals surface area contributed by atoms with Crippen molar-refractivity contribution >= 4 is 34.8 Å². The topological polar surface area (TPSA) is 111 Å². The van der Waals surface area contributed by atoms with Crippen LogP contribution >= 0.6 is 0 Å². The number of fused-ring (bicyclic) bond motifs is 1. The molecule has 0 radical (unpaired) electrons. The highest BCUT2D eigenvalue weighted by Gasteiger charge is 2.26. The average Bonchev–Trinajstić information content (AvgIpc) is 3.05. The van der Waals surface area contributed by atoms with Crippen molar-refractivity contribution in [2.24, 2.45) is 0 Å². The van der Waals surface area contributed by atoms with Crippen molar-refractivity contribution in [3.05, 3.63) is 71.5 Å². The quantitative estimate of drug-likeness (QED) is 0.618. The third-order valence-corrected chi connectivity index (χ3v) is 4.46. The number of methoxy groups -OCH3 is 1. The fourth-order valence-corrected chi connectivity index (χ4v) is 3.10. The van der Waals surface area contributed by atoms with Gasteiger partial charge in [-0.2, -0.15) is 0 Å². The number of imide groups is 1. The van der Waals surface area contributed by atoms with Crippen molar-refractivity contribution in [3.8, 4) is 17.2 Å². The summed E-state index contributed by atoms with van der Waals surface area (Å²) in [4.78, 5) is 34.2. The smallest absolute Gasteiger partial charge is 0.419 e. The summed E-state index contributed by atoms with van der Waals surface area (Å²) in [7, 11) is 1.47. The summed E-state index contributed by atoms with van der Waals surface area (Å²) in [6.07, 6.45) is 0.582. The molecule has 2 N–H and O–H groups in total. The number of benzene rings is 3. The van der Waals surface area contributed by atoms with E-state index in [9.17, 15) is 19.5 Å². The lowest BCUT2D eigenvalue weighted by molar-refractivity contribution is -0.116. The first-order chi connectivity index (χ1) is 14.5. The highest BCUT2D eigenvalue weighted by Crippen LogP contribution is 2.37. The van der Waals surface area contributed by atoms with E-state index in [-0.39, 0.29) is 11.3 Å². The molecule has 1 fully saturated rings. The highest BCUT2D eigenvalue weighted by atomic mass is 16.6. The van der Waals surface area contributed by atoms with Crippen LogP contribution in [0.15, 0.2) is 60.4 Å². The summed E-state index contributed by atoms with van der Waals surface area (Å²) in [5.74, 6) is -0.537. The molecule has 8 heteroatoms. The molecule has 0 bridgehead atoms. The molecule has 1 saturated heterocycles.